The Morgan fingerprint density at radius 2 is 2.43 bits per heavy atom. The monoisotopic (exact) mass is 199 g/mol. The van der Waals surface area contributed by atoms with Crippen LogP contribution in [0.3, 0.4) is 0 Å². The maximum Gasteiger partial charge on any atom is 0.313 e. The molecule has 0 aromatic heterocycles. The molecule has 0 amide bonds. The first-order valence-corrected chi connectivity index (χ1v) is 4.62. The molecule has 2 unspecified atom stereocenters. The average Bonchev–Trinajstić information content (AvgIpc) is 2.18. The molecule has 5 nitrogen and oxygen atoms in total. The summed E-state index contributed by atoms with van der Waals surface area (Å²) in [6.45, 7) is 2.03. The van der Waals surface area contributed by atoms with E-state index in [4.69, 9.17) is 4.74 Å². The van der Waals surface area contributed by atoms with Crippen molar-refractivity contribution in [1.29, 1.82) is 0 Å². The first kappa shape index (κ1) is 10.7. The van der Waals surface area contributed by atoms with Gasteiger partial charge in [0.2, 0.25) is 6.04 Å². The van der Waals surface area contributed by atoms with E-state index in [0.717, 1.165) is 0 Å². The van der Waals surface area contributed by atoms with Crippen molar-refractivity contribution in [3.63, 3.8) is 0 Å². The number of rotatable bonds is 3. The molecule has 0 N–H and O–H groups in total. The van der Waals surface area contributed by atoms with Crippen LogP contribution in [-0.2, 0) is 9.53 Å². The van der Waals surface area contributed by atoms with Gasteiger partial charge in [0.25, 0.3) is 0 Å². The van der Waals surface area contributed by atoms with Gasteiger partial charge in [-0.15, -0.1) is 0 Å². The average molecular weight is 199 g/mol. The SMILES string of the molecule is CCOC(=O)C1C=CCC([N+](=O)[O-])C1. The molecule has 78 valence electrons. The summed E-state index contributed by atoms with van der Waals surface area (Å²) in [5, 5.41) is 10.5. The zero-order valence-corrected chi connectivity index (χ0v) is 8.01. The van der Waals surface area contributed by atoms with Crippen LogP contribution in [0, 0.1) is 16.0 Å². The van der Waals surface area contributed by atoms with Crippen LogP contribution in [0.2, 0.25) is 0 Å². The summed E-state index contributed by atoms with van der Waals surface area (Å²) in [4.78, 5) is 21.4. The van der Waals surface area contributed by atoms with Crippen molar-refractivity contribution in [2.24, 2.45) is 5.92 Å². The normalized spacial score (nSPS) is 25.8. The maximum atomic E-state index is 11.3. The lowest BCUT2D eigenvalue weighted by molar-refractivity contribution is -0.523. The summed E-state index contributed by atoms with van der Waals surface area (Å²) in [6.07, 6.45) is 4.03. The second-order valence-electron chi connectivity index (χ2n) is 3.20. The van der Waals surface area contributed by atoms with Gasteiger partial charge in [-0.05, 0) is 6.92 Å². The van der Waals surface area contributed by atoms with Crippen molar-refractivity contribution in [2.75, 3.05) is 6.61 Å². The van der Waals surface area contributed by atoms with Crippen LogP contribution in [0.25, 0.3) is 0 Å². The van der Waals surface area contributed by atoms with Crippen molar-refractivity contribution in [2.45, 2.75) is 25.8 Å². The number of ether oxygens (including phenoxy) is 1. The lowest BCUT2D eigenvalue weighted by Crippen LogP contribution is -2.29. The van der Waals surface area contributed by atoms with E-state index in [9.17, 15) is 14.9 Å². The van der Waals surface area contributed by atoms with E-state index in [1.165, 1.54) is 0 Å². The maximum absolute atomic E-state index is 11.3. The summed E-state index contributed by atoms with van der Waals surface area (Å²) >= 11 is 0. The van der Waals surface area contributed by atoms with Gasteiger partial charge in [0.05, 0.1) is 12.5 Å². The fourth-order valence-corrected chi connectivity index (χ4v) is 1.46. The number of nitrogens with zero attached hydrogens (tertiary/aromatic N) is 1. The molecule has 0 aromatic carbocycles. The number of nitro groups is 1. The Bertz CT molecular complexity index is 262. The van der Waals surface area contributed by atoms with E-state index in [1.54, 1.807) is 19.1 Å². The zero-order chi connectivity index (χ0) is 10.6. The fourth-order valence-electron chi connectivity index (χ4n) is 1.46. The van der Waals surface area contributed by atoms with Gasteiger partial charge < -0.3 is 4.74 Å². The van der Waals surface area contributed by atoms with E-state index < -0.39 is 12.0 Å². The zero-order valence-electron chi connectivity index (χ0n) is 8.01. The van der Waals surface area contributed by atoms with Gasteiger partial charge in [-0.1, -0.05) is 12.2 Å². The molecule has 0 bridgehead atoms. The number of carbonyl (C=O) groups excluding carboxylic acids is 1. The first-order chi connectivity index (χ1) is 6.65. The van der Waals surface area contributed by atoms with Crippen LogP contribution in [0.15, 0.2) is 12.2 Å². The van der Waals surface area contributed by atoms with Gasteiger partial charge in [-0.3, -0.25) is 14.9 Å². The van der Waals surface area contributed by atoms with Gasteiger partial charge in [0.1, 0.15) is 0 Å². The van der Waals surface area contributed by atoms with Crippen LogP contribution >= 0.6 is 0 Å². The fraction of sp³-hybridized carbons (Fsp3) is 0.667. The van der Waals surface area contributed by atoms with Crippen LogP contribution in [0.4, 0.5) is 0 Å². The van der Waals surface area contributed by atoms with Gasteiger partial charge in [-0.2, -0.15) is 0 Å². The Hall–Kier alpha value is -1.39. The van der Waals surface area contributed by atoms with Crippen LogP contribution in [0.1, 0.15) is 19.8 Å². The van der Waals surface area contributed by atoms with E-state index in [2.05, 4.69) is 0 Å². The van der Waals surface area contributed by atoms with Crippen molar-refractivity contribution in [3.05, 3.63) is 22.3 Å². The Morgan fingerprint density at radius 1 is 1.71 bits per heavy atom. The third-order valence-corrected chi connectivity index (χ3v) is 2.19. The summed E-state index contributed by atoms with van der Waals surface area (Å²) < 4.78 is 4.80. The lowest BCUT2D eigenvalue weighted by Gasteiger charge is -2.17. The van der Waals surface area contributed by atoms with E-state index >= 15 is 0 Å². The molecule has 0 heterocycles. The largest absolute Gasteiger partial charge is 0.466 e. The molecule has 0 aliphatic heterocycles. The van der Waals surface area contributed by atoms with Gasteiger partial charge in [0.15, 0.2) is 0 Å². The molecule has 1 aliphatic rings. The van der Waals surface area contributed by atoms with Crippen molar-refractivity contribution < 1.29 is 14.5 Å². The first-order valence-electron chi connectivity index (χ1n) is 4.62. The molecular weight excluding hydrogens is 186 g/mol. The number of esters is 1. The highest BCUT2D eigenvalue weighted by Gasteiger charge is 2.30. The summed E-state index contributed by atoms with van der Waals surface area (Å²) in [5.41, 5.74) is 0. The van der Waals surface area contributed by atoms with Gasteiger partial charge >= 0.3 is 5.97 Å². The highest BCUT2D eigenvalue weighted by atomic mass is 16.6. The van der Waals surface area contributed by atoms with Crippen LogP contribution in [-0.4, -0.2) is 23.5 Å². The minimum absolute atomic E-state index is 0.252. The van der Waals surface area contributed by atoms with Crippen molar-refractivity contribution in [3.8, 4) is 0 Å². The standard InChI is InChI=1S/C9H13NO4/c1-2-14-9(11)7-4-3-5-8(6-7)10(12)13/h3-4,7-8H,2,5-6H2,1H3. The minimum atomic E-state index is -0.644. The quantitative estimate of drug-likeness (QED) is 0.296. The second kappa shape index (κ2) is 4.74. The molecule has 0 aromatic rings. The second-order valence-corrected chi connectivity index (χ2v) is 3.20. The molecule has 0 saturated heterocycles. The molecule has 2 atom stereocenters. The molecule has 14 heavy (non-hydrogen) atoms. The van der Waals surface area contributed by atoms with Crippen LogP contribution in [0.5, 0.6) is 0 Å². The number of carbonyl (C=O) groups is 1. The number of hydrogen-bond donors (Lipinski definition) is 0. The van der Waals surface area contributed by atoms with Crippen LogP contribution < -0.4 is 0 Å². The van der Waals surface area contributed by atoms with Crippen molar-refractivity contribution in [1.82, 2.24) is 0 Å². The van der Waals surface area contributed by atoms with E-state index in [-0.39, 0.29) is 17.3 Å². The summed E-state index contributed by atoms with van der Waals surface area (Å²) in [5.74, 6) is -0.811. The molecule has 1 aliphatic carbocycles. The molecule has 1 rings (SSSR count). The van der Waals surface area contributed by atoms with Crippen molar-refractivity contribution >= 4 is 5.97 Å². The van der Waals surface area contributed by atoms with Gasteiger partial charge in [-0.25, -0.2) is 0 Å². The van der Waals surface area contributed by atoms with E-state index in [0.29, 0.717) is 13.0 Å². The summed E-state index contributed by atoms with van der Waals surface area (Å²) in [7, 11) is 0. The molecule has 0 radical (unpaired) electrons. The molecule has 0 saturated carbocycles. The molecule has 0 spiro atoms. The van der Waals surface area contributed by atoms with Gasteiger partial charge in [0, 0.05) is 17.8 Å². The van der Waals surface area contributed by atoms with E-state index in [1.807, 2.05) is 0 Å². The third kappa shape index (κ3) is 2.55. The summed E-state index contributed by atoms with van der Waals surface area (Å²) in [6, 6.07) is -0.644. The lowest BCUT2D eigenvalue weighted by atomic mass is 9.92. The topological polar surface area (TPSA) is 69.4 Å². The Kier molecular flexibility index (Phi) is 3.62. The predicted molar refractivity (Wildman–Crippen MR) is 49.3 cm³/mol. The Labute approximate surface area is 81.9 Å². The smallest absolute Gasteiger partial charge is 0.313 e. The Balaban J connectivity index is 2.56. The molecular formula is C9H13NO4. The molecule has 0 fully saturated rings. The third-order valence-electron chi connectivity index (χ3n) is 2.19. The Morgan fingerprint density at radius 3 is 3.00 bits per heavy atom. The highest BCUT2D eigenvalue weighted by Crippen LogP contribution is 2.20. The predicted octanol–water partition coefficient (Wildman–Crippen LogP) is 1.16. The molecule has 5 heteroatoms. The minimum Gasteiger partial charge on any atom is -0.466 e. The highest BCUT2D eigenvalue weighted by molar-refractivity contribution is 5.74. The number of hydrogen-bond acceptors (Lipinski definition) is 4.